The van der Waals surface area contributed by atoms with E-state index in [0.29, 0.717) is 62.1 Å². The lowest BCUT2D eigenvalue weighted by Gasteiger charge is -2.32. The van der Waals surface area contributed by atoms with Crippen molar-refractivity contribution in [2.24, 2.45) is 4.99 Å². The van der Waals surface area contributed by atoms with Crippen molar-refractivity contribution in [3.63, 3.8) is 0 Å². The molecule has 3 atom stereocenters. The Morgan fingerprint density at radius 3 is 2.13 bits per heavy atom. The molecule has 0 bridgehead atoms. The van der Waals surface area contributed by atoms with E-state index in [1.165, 1.54) is 0 Å². The third kappa shape index (κ3) is 13.5. The monoisotopic (exact) mass is 1110 g/mol. The number of anilines is 1. The number of benzene rings is 6. The first kappa shape index (κ1) is 56.5. The Balaban J connectivity index is 0.588. The number of ether oxygens (including phenoxy) is 6. The molecule has 5 amide bonds. The number of amides is 5. The van der Waals surface area contributed by atoms with Crippen LogP contribution in [0.2, 0.25) is 0 Å². The molecular formula is C64H64N6O12. The zero-order valence-corrected chi connectivity index (χ0v) is 45.3. The SMILES string of the molecule is C=C1c2cccc(NC(=O)COCCOCCOC(=O)c3ccc(-c4ccc(COCCOCCNC(=O)CN5Cc6ccccc6[C@@H]6OC(c7ccccc7)=N[C@]6(Cc6ccccc6)C5=O)cc4)cc3)c2CN1C1CCC(=O)NC1=O. The number of nitrogens with zero attached hydrogens (tertiary/aromatic N) is 3. The molecule has 6 aromatic rings. The van der Waals surface area contributed by atoms with E-state index >= 15 is 0 Å². The molecule has 4 heterocycles. The number of piperidine rings is 1. The van der Waals surface area contributed by atoms with Crippen LogP contribution < -0.4 is 16.0 Å². The summed E-state index contributed by atoms with van der Waals surface area (Å²) >= 11 is 0. The van der Waals surface area contributed by atoms with Crippen LogP contribution in [0.15, 0.2) is 163 Å². The summed E-state index contributed by atoms with van der Waals surface area (Å²) in [7, 11) is 0. The van der Waals surface area contributed by atoms with E-state index in [0.717, 1.165) is 50.1 Å². The lowest BCUT2D eigenvalue weighted by molar-refractivity contribution is -0.143. The van der Waals surface area contributed by atoms with Crippen molar-refractivity contribution in [1.82, 2.24) is 20.4 Å². The van der Waals surface area contributed by atoms with Crippen LogP contribution in [-0.4, -0.2) is 129 Å². The van der Waals surface area contributed by atoms with Gasteiger partial charge in [0.2, 0.25) is 29.5 Å². The average Bonchev–Trinajstić information content (AvgIpc) is 4.22. The van der Waals surface area contributed by atoms with Gasteiger partial charge in [0.1, 0.15) is 19.3 Å². The highest BCUT2D eigenvalue weighted by Gasteiger charge is 2.57. The van der Waals surface area contributed by atoms with E-state index in [1.807, 2.05) is 138 Å². The topological polar surface area (TPSA) is 213 Å². The summed E-state index contributed by atoms with van der Waals surface area (Å²) in [5.41, 5.74) is 8.35. The Morgan fingerprint density at radius 1 is 0.683 bits per heavy atom. The van der Waals surface area contributed by atoms with E-state index in [9.17, 15) is 28.8 Å². The highest BCUT2D eigenvalue weighted by Crippen LogP contribution is 2.47. The number of carbonyl (C=O) groups excluding carboxylic acids is 6. The average molecular weight is 1110 g/mol. The van der Waals surface area contributed by atoms with Crippen LogP contribution in [0.5, 0.6) is 0 Å². The minimum atomic E-state index is -1.33. The first-order valence-corrected chi connectivity index (χ1v) is 27.4. The van der Waals surface area contributed by atoms with Gasteiger partial charge < -0.3 is 48.9 Å². The van der Waals surface area contributed by atoms with Crippen molar-refractivity contribution < 1.29 is 57.2 Å². The summed E-state index contributed by atoms with van der Waals surface area (Å²) in [5, 5.41) is 8.19. The van der Waals surface area contributed by atoms with E-state index in [1.54, 1.807) is 23.1 Å². The molecule has 1 saturated heterocycles. The molecule has 10 rings (SSSR count). The van der Waals surface area contributed by atoms with Crippen LogP contribution in [0.3, 0.4) is 0 Å². The number of nitrogens with one attached hydrogen (secondary N) is 3. The van der Waals surface area contributed by atoms with Crippen molar-refractivity contribution in [3.8, 4) is 11.1 Å². The van der Waals surface area contributed by atoms with Gasteiger partial charge in [0, 0.05) is 66.1 Å². The Labute approximate surface area is 475 Å². The number of aliphatic imine (C=N–C) groups is 1. The fourth-order valence-electron chi connectivity index (χ4n) is 10.6. The molecular weight excluding hydrogens is 1040 g/mol. The zero-order valence-electron chi connectivity index (χ0n) is 45.3. The van der Waals surface area contributed by atoms with Gasteiger partial charge >= 0.3 is 5.97 Å². The minimum absolute atomic E-state index is 0.0386. The van der Waals surface area contributed by atoms with Gasteiger partial charge in [-0.15, -0.1) is 0 Å². The number of carbonyl (C=O) groups is 6. The van der Waals surface area contributed by atoms with Crippen molar-refractivity contribution in [1.29, 1.82) is 0 Å². The summed E-state index contributed by atoms with van der Waals surface area (Å²) in [6.07, 6.45) is 0.262. The second kappa shape index (κ2) is 26.6. The molecule has 1 fully saturated rings. The number of imide groups is 1. The zero-order chi connectivity index (χ0) is 56.8. The highest BCUT2D eigenvalue weighted by atomic mass is 16.6. The summed E-state index contributed by atoms with van der Waals surface area (Å²) in [5.74, 6) is -1.65. The third-order valence-corrected chi connectivity index (χ3v) is 14.7. The molecule has 0 radical (unpaired) electrons. The molecule has 0 aromatic heterocycles. The Morgan fingerprint density at radius 2 is 1.37 bits per heavy atom. The van der Waals surface area contributed by atoms with Crippen LogP contribution >= 0.6 is 0 Å². The molecule has 4 aliphatic rings. The molecule has 422 valence electrons. The lowest BCUT2D eigenvalue weighted by atomic mass is 9.81. The fraction of sp³-hybridized carbons (Fsp3) is 0.297. The van der Waals surface area contributed by atoms with Gasteiger partial charge in [0.25, 0.3) is 5.91 Å². The molecule has 0 saturated carbocycles. The maximum atomic E-state index is 14.9. The third-order valence-electron chi connectivity index (χ3n) is 14.7. The molecule has 4 aliphatic heterocycles. The predicted molar refractivity (Wildman–Crippen MR) is 305 cm³/mol. The Kier molecular flexibility index (Phi) is 18.3. The van der Waals surface area contributed by atoms with Crippen molar-refractivity contribution in [2.75, 3.05) is 71.3 Å². The van der Waals surface area contributed by atoms with Gasteiger partial charge in [-0.1, -0.05) is 128 Å². The van der Waals surface area contributed by atoms with E-state index in [-0.39, 0.29) is 95.2 Å². The van der Waals surface area contributed by atoms with Crippen molar-refractivity contribution in [2.45, 2.75) is 56.6 Å². The van der Waals surface area contributed by atoms with Crippen LogP contribution in [0.4, 0.5) is 5.69 Å². The summed E-state index contributed by atoms with van der Waals surface area (Å²) < 4.78 is 34.7. The normalized spacial score (nSPS) is 18.1. The number of hydrogen-bond acceptors (Lipinski definition) is 14. The van der Waals surface area contributed by atoms with Gasteiger partial charge in [-0.2, -0.15) is 0 Å². The maximum Gasteiger partial charge on any atom is 0.338 e. The molecule has 0 spiro atoms. The van der Waals surface area contributed by atoms with E-state index in [4.69, 9.17) is 33.4 Å². The standard InChI is InChI=1S/C64H64N6O12/c1-43-51-17-10-18-54(53(51)39-70(43)55-27-28-56(71)67-60(55)74)66-58(73)42-80-34-32-78-35-36-81-62(75)49-25-23-47(24-26-49)46-21-19-45(20-22-46)41-79-33-31-77-30-29-65-57(72)40-69-38-50-15-8-9-16-52(50)59-64(63(69)76,37-44-11-4-2-5-12-44)68-61(82-59)48-13-6-3-7-14-48/h2-26,55,59H,1,27-42H2,(H,65,72)(H,66,73)(H,67,71,74)/t55?,59-,64-/m0/s1. The van der Waals surface area contributed by atoms with Gasteiger partial charge in [0.15, 0.2) is 11.6 Å². The molecule has 3 N–H and O–H groups in total. The summed E-state index contributed by atoms with van der Waals surface area (Å²) in [6.45, 7) is 6.51. The Bertz CT molecular complexity index is 3320. The van der Waals surface area contributed by atoms with Crippen LogP contribution in [0.1, 0.15) is 68.2 Å². The first-order valence-electron chi connectivity index (χ1n) is 27.4. The lowest BCUT2D eigenvalue weighted by Crippen LogP contribution is -2.52. The number of fused-ring (bicyclic) bond motifs is 4. The largest absolute Gasteiger partial charge is 0.466 e. The van der Waals surface area contributed by atoms with Crippen LogP contribution in [-0.2, 0) is 78.5 Å². The number of esters is 1. The van der Waals surface area contributed by atoms with Crippen molar-refractivity contribution in [3.05, 3.63) is 203 Å². The molecule has 0 aliphatic carbocycles. The maximum absolute atomic E-state index is 14.9. The molecule has 1 unspecified atom stereocenters. The van der Waals surface area contributed by atoms with Gasteiger partial charge in [-0.3, -0.25) is 29.3 Å². The molecule has 18 nitrogen and oxygen atoms in total. The Hall–Kier alpha value is -8.81. The van der Waals surface area contributed by atoms with Gasteiger partial charge in [-0.05, 0) is 64.6 Å². The molecule has 6 aromatic carbocycles. The first-order chi connectivity index (χ1) is 40.0. The molecule has 82 heavy (non-hydrogen) atoms. The smallest absolute Gasteiger partial charge is 0.338 e. The summed E-state index contributed by atoms with van der Waals surface area (Å²) in [4.78, 5) is 86.5. The minimum Gasteiger partial charge on any atom is -0.466 e. The second-order valence-corrected chi connectivity index (χ2v) is 20.2. The van der Waals surface area contributed by atoms with Gasteiger partial charge in [-0.25, -0.2) is 9.79 Å². The predicted octanol–water partition coefficient (Wildman–Crippen LogP) is 6.97. The van der Waals surface area contributed by atoms with Crippen molar-refractivity contribution >= 4 is 52.8 Å². The quantitative estimate of drug-likeness (QED) is 0.0301. The fourth-order valence-corrected chi connectivity index (χ4v) is 10.6. The molecule has 18 heteroatoms. The van der Waals surface area contributed by atoms with Crippen LogP contribution in [0.25, 0.3) is 16.8 Å². The highest BCUT2D eigenvalue weighted by molar-refractivity contribution is 6.03. The number of rotatable bonds is 25. The van der Waals surface area contributed by atoms with Gasteiger partial charge in [0.05, 0.1) is 58.4 Å². The van der Waals surface area contributed by atoms with E-state index in [2.05, 4.69) is 22.5 Å². The van der Waals surface area contributed by atoms with Crippen LogP contribution in [0, 0.1) is 0 Å². The number of hydrogen-bond donors (Lipinski definition) is 3. The second-order valence-electron chi connectivity index (χ2n) is 20.2. The summed E-state index contributed by atoms with van der Waals surface area (Å²) in [6, 6.07) is 47.2. The van der Waals surface area contributed by atoms with E-state index < -0.39 is 23.7 Å².